The summed E-state index contributed by atoms with van der Waals surface area (Å²) in [6.45, 7) is 2.76. The van der Waals surface area contributed by atoms with Crippen LogP contribution in [0.15, 0.2) is 18.2 Å². The van der Waals surface area contributed by atoms with Crippen LogP contribution >= 0.6 is 35.6 Å². The molecule has 1 saturated carbocycles. The Morgan fingerprint density at radius 2 is 2.04 bits per heavy atom. The minimum atomic E-state index is 0. The number of carbonyl (C=O) groups is 1. The first-order valence-corrected chi connectivity index (χ1v) is 8.47. The number of benzene rings is 1. The number of nitrogens with zero attached hydrogens (tertiary/aromatic N) is 1. The van der Waals surface area contributed by atoms with Crippen molar-refractivity contribution in [1.29, 1.82) is 0 Å². The lowest BCUT2D eigenvalue weighted by molar-refractivity contribution is -0.129. The summed E-state index contributed by atoms with van der Waals surface area (Å²) in [6, 6.07) is 5.24. The van der Waals surface area contributed by atoms with E-state index in [0.717, 1.165) is 25.4 Å². The first-order chi connectivity index (χ1) is 10.6. The van der Waals surface area contributed by atoms with Gasteiger partial charge in [0.1, 0.15) is 11.9 Å². The van der Waals surface area contributed by atoms with Gasteiger partial charge in [0.25, 0.3) is 0 Å². The molecular formula is C16H21Cl3N2O2. The Morgan fingerprint density at radius 3 is 2.74 bits per heavy atom. The van der Waals surface area contributed by atoms with E-state index in [1.807, 2.05) is 4.90 Å². The summed E-state index contributed by atoms with van der Waals surface area (Å²) in [5.74, 6) is 1.64. The standard InChI is InChI=1S/C16H20Cl2N2O2.ClH/c17-14-4-3-12(7-15(14)18)22-13-5-6-20(10-13)16(21)9-19-8-11-1-2-11;/h3-4,7,11,13,19H,1-2,5-6,8-10H2;1H. The summed E-state index contributed by atoms with van der Waals surface area (Å²) < 4.78 is 5.89. The lowest BCUT2D eigenvalue weighted by Crippen LogP contribution is -2.38. The molecule has 1 atom stereocenters. The van der Waals surface area contributed by atoms with E-state index in [4.69, 9.17) is 27.9 Å². The second kappa shape index (κ2) is 8.43. The van der Waals surface area contributed by atoms with E-state index in [1.165, 1.54) is 12.8 Å². The molecule has 1 unspecified atom stereocenters. The van der Waals surface area contributed by atoms with Gasteiger partial charge in [-0.2, -0.15) is 0 Å². The summed E-state index contributed by atoms with van der Waals surface area (Å²) in [5, 5.41) is 4.23. The Hall–Kier alpha value is -0.680. The number of halogens is 3. The number of carbonyl (C=O) groups excluding carboxylic acids is 1. The first kappa shape index (κ1) is 18.7. The summed E-state index contributed by atoms with van der Waals surface area (Å²) in [4.78, 5) is 14.0. The number of likely N-dealkylation sites (tertiary alicyclic amines) is 1. The second-order valence-electron chi connectivity index (χ2n) is 6.02. The summed E-state index contributed by atoms with van der Waals surface area (Å²) in [5.41, 5.74) is 0. The van der Waals surface area contributed by atoms with Crippen LogP contribution in [0, 0.1) is 5.92 Å². The van der Waals surface area contributed by atoms with Crippen molar-refractivity contribution in [3.05, 3.63) is 28.2 Å². The average molecular weight is 380 g/mol. The van der Waals surface area contributed by atoms with Crippen LogP contribution in [-0.2, 0) is 4.79 Å². The molecule has 0 spiro atoms. The third-order valence-corrected chi connectivity index (χ3v) is 4.84. The lowest BCUT2D eigenvalue weighted by atomic mass is 10.3. The van der Waals surface area contributed by atoms with Crippen LogP contribution in [0.1, 0.15) is 19.3 Å². The van der Waals surface area contributed by atoms with Gasteiger partial charge >= 0.3 is 0 Å². The highest BCUT2D eigenvalue weighted by molar-refractivity contribution is 6.42. The molecule has 1 aliphatic heterocycles. The lowest BCUT2D eigenvalue weighted by Gasteiger charge is -2.18. The molecule has 0 radical (unpaired) electrons. The quantitative estimate of drug-likeness (QED) is 0.823. The molecule has 2 aliphatic rings. The normalized spacial score (nSPS) is 20.3. The minimum Gasteiger partial charge on any atom is -0.488 e. The minimum absolute atomic E-state index is 0. The summed E-state index contributed by atoms with van der Waals surface area (Å²) in [6.07, 6.45) is 3.45. The van der Waals surface area contributed by atoms with Crippen LogP contribution in [0.4, 0.5) is 0 Å². The molecule has 1 amide bonds. The van der Waals surface area contributed by atoms with Gasteiger partial charge in [0.15, 0.2) is 0 Å². The summed E-state index contributed by atoms with van der Waals surface area (Å²) >= 11 is 11.9. The SMILES string of the molecule is Cl.O=C(CNCC1CC1)N1CCC(Oc2ccc(Cl)c(Cl)c2)C1. The number of ether oxygens (including phenoxy) is 1. The highest BCUT2D eigenvalue weighted by Crippen LogP contribution is 2.28. The zero-order valence-corrected chi connectivity index (χ0v) is 15.1. The number of nitrogens with one attached hydrogen (secondary N) is 1. The fourth-order valence-electron chi connectivity index (χ4n) is 2.61. The van der Waals surface area contributed by atoms with Crippen molar-refractivity contribution in [2.24, 2.45) is 5.92 Å². The zero-order valence-electron chi connectivity index (χ0n) is 12.8. The molecule has 0 aromatic heterocycles. The van der Waals surface area contributed by atoms with Crippen LogP contribution in [0.3, 0.4) is 0 Å². The third-order valence-electron chi connectivity index (χ3n) is 4.10. The molecule has 1 aromatic carbocycles. The van der Waals surface area contributed by atoms with Gasteiger partial charge in [-0.1, -0.05) is 23.2 Å². The molecule has 1 heterocycles. The van der Waals surface area contributed by atoms with Crippen LogP contribution in [0.25, 0.3) is 0 Å². The van der Waals surface area contributed by atoms with Crippen molar-refractivity contribution in [2.45, 2.75) is 25.4 Å². The van der Waals surface area contributed by atoms with Gasteiger partial charge in [-0.25, -0.2) is 0 Å². The van der Waals surface area contributed by atoms with E-state index in [1.54, 1.807) is 18.2 Å². The molecule has 7 heteroatoms. The highest BCUT2D eigenvalue weighted by Gasteiger charge is 2.28. The molecular weight excluding hydrogens is 359 g/mol. The van der Waals surface area contributed by atoms with Crippen molar-refractivity contribution in [3.63, 3.8) is 0 Å². The van der Waals surface area contributed by atoms with Gasteiger partial charge in [-0.15, -0.1) is 12.4 Å². The third kappa shape index (κ3) is 5.42. The molecule has 3 rings (SSSR count). The van der Waals surface area contributed by atoms with Crippen molar-refractivity contribution in [1.82, 2.24) is 10.2 Å². The maximum absolute atomic E-state index is 12.1. The molecule has 1 aliphatic carbocycles. The molecule has 128 valence electrons. The Labute approximate surface area is 152 Å². The van der Waals surface area contributed by atoms with E-state index in [9.17, 15) is 4.79 Å². The van der Waals surface area contributed by atoms with Crippen LogP contribution in [0.5, 0.6) is 5.75 Å². The second-order valence-corrected chi connectivity index (χ2v) is 6.83. The molecule has 23 heavy (non-hydrogen) atoms. The van der Waals surface area contributed by atoms with Gasteiger partial charge in [-0.3, -0.25) is 4.79 Å². The fraction of sp³-hybridized carbons (Fsp3) is 0.562. The van der Waals surface area contributed by atoms with Crippen LogP contribution in [0.2, 0.25) is 10.0 Å². The van der Waals surface area contributed by atoms with Gasteiger partial charge < -0.3 is 15.0 Å². The Morgan fingerprint density at radius 1 is 1.26 bits per heavy atom. The van der Waals surface area contributed by atoms with E-state index in [-0.39, 0.29) is 24.4 Å². The Balaban J connectivity index is 0.00000192. The number of hydrogen-bond donors (Lipinski definition) is 1. The number of hydrogen-bond acceptors (Lipinski definition) is 3. The van der Waals surface area contributed by atoms with Crippen LogP contribution in [-0.4, -0.2) is 43.1 Å². The van der Waals surface area contributed by atoms with Gasteiger partial charge in [0, 0.05) is 19.0 Å². The predicted octanol–water partition coefficient (Wildman–Crippen LogP) is 3.39. The molecule has 1 N–H and O–H groups in total. The van der Waals surface area contributed by atoms with Gasteiger partial charge in [0.05, 0.1) is 23.1 Å². The van der Waals surface area contributed by atoms with E-state index in [2.05, 4.69) is 5.32 Å². The van der Waals surface area contributed by atoms with Crippen molar-refractivity contribution < 1.29 is 9.53 Å². The maximum atomic E-state index is 12.1. The summed E-state index contributed by atoms with van der Waals surface area (Å²) in [7, 11) is 0. The van der Waals surface area contributed by atoms with Gasteiger partial charge in [0.2, 0.25) is 5.91 Å². The predicted molar refractivity (Wildman–Crippen MR) is 94.9 cm³/mol. The average Bonchev–Trinajstić information content (AvgIpc) is 3.20. The monoisotopic (exact) mass is 378 g/mol. The molecule has 0 bridgehead atoms. The van der Waals surface area contributed by atoms with Crippen molar-refractivity contribution in [2.75, 3.05) is 26.2 Å². The van der Waals surface area contributed by atoms with E-state index < -0.39 is 0 Å². The van der Waals surface area contributed by atoms with E-state index >= 15 is 0 Å². The topological polar surface area (TPSA) is 41.6 Å². The van der Waals surface area contributed by atoms with Crippen molar-refractivity contribution in [3.8, 4) is 5.75 Å². The molecule has 1 saturated heterocycles. The van der Waals surface area contributed by atoms with Crippen molar-refractivity contribution >= 4 is 41.5 Å². The Kier molecular flexibility index (Phi) is 6.84. The molecule has 2 fully saturated rings. The number of amides is 1. The van der Waals surface area contributed by atoms with E-state index in [0.29, 0.717) is 28.9 Å². The highest BCUT2D eigenvalue weighted by atomic mass is 35.5. The van der Waals surface area contributed by atoms with Gasteiger partial charge in [-0.05, 0) is 37.4 Å². The van der Waals surface area contributed by atoms with Crippen LogP contribution < -0.4 is 10.1 Å². The zero-order chi connectivity index (χ0) is 15.5. The number of rotatable bonds is 6. The first-order valence-electron chi connectivity index (χ1n) is 7.72. The molecule has 1 aromatic rings. The maximum Gasteiger partial charge on any atom is 0.236 e. The molecule has 4 nitrogen and oxygen atoms in total. The largest absolute Gasteiger partial charge is 0.488 e. The smallest absolute Gasteiger partial charge is 0.236 e. The Bertz CT molecular complexity index is 552. The fourth-order valence-corrected chi connectivity index (χ4v) is 2.90.